The van der Waals surface area contributed by atoms with Crippen molar-refractivity contribution >= 4 is 0 Å². The number of nitrogens with zero attached hydrogens (tertiary/aromatic N) is 2. The number of imidazole rings is 1. The SMILES string of the molecule is CCCn1ccnc1C(C)(C)CN. The van der Waals surface area contributed by atoms with Crippen molar-refractivity contribution in [1.29, 1.82) is 0 Å². The zero-order valence-electron chi connectivity index (χ0n) is 8.75. The number of aryl methyl sites for hydroxylation is 1. The molecule has 13 heavy (non-hydrogen) atoms. The van der Waals surface area contributed by atoms with E-state index in [-0.39, 0.29) is 5.41 Å². The highest BCUT2D eigenvalue weighted by Crippen LogP contribution is 2.19. The number of aromatic nitrogens is 2. The molecule has 3 nitrogen and oxygen atoms in total. The van der Waals surface area contributed by atoms with Gasteiger partial charge in [-0.2, -0.15) is 0 Å². The Balaban J connectivity index is 2.93. The van der Waals surface area contributed by atoms with E-state index in [1.807, 2.05) is 12.4 Å². The third kappa shape index (κ3) is 2.10. The first-order valence-electron chi connectivity index (χ1n) is 4.83. The summed E-state index contributed by atoms with van der Waals surface area (Å²) >= 11 is 0. The molecule has 0 bridgehead atoms. The molecule has 0 amide bonds. The van der Waals surface area contributed by atoms with E-state index in [4.69, 9.17) is 5.73 Å². The molecule has 0 saturated heterocycles. The van der Waals surface area contributed by atoms with Crippen molar-refractivity contribution in [3.8, 4) is 0 Å². The van der Waals surface area contributed by atoms with E-state index in [2.05, 4.69) is 30.3 Å². The zero-order valence-corrected chi connectivity index (χ0v) is 8.75. The topological polar surface area (TPSA) is 43.8 Å². The Morgan fingerprint density at radius 3 is 2.77 bits per heavy atom. The molecule has 1 heterocycles. The lowest BCUT2D eigenvalue weighted by atomic mass is 9.92. The minimum absolute atomic E-state index is 0.0152. The first kappa shape index (κ1) is 10.3. The van der Waals surface area contributed by atoms with Crippen molar-refractivity contribution in [3.63, 3.8) is 0 Å². The molecule has 0 fully saturated rings. The Labute approximate surface area is 80.0 Å². The molecule has 2 N–H and O–H groups in total. The van der Waals surface area contributed by atoms with E-state index in [0.717, 1.165) is 18.8 Å². The average Bonchev–Trinajstić information content (AvgIpc) is 2.54. The van der Waals surface area contributed by atoms with Crippen molar-refractivity contribution in [2.24, 2.45) is 5.73 Å². The van der Waals surface area contributed by atoms with Gasteiger partial charge in [-0.25, -0.2) is 4.98 Å². The molecule has 3 heteroatoms. The summed E-state index contributed by atoms with van der Waals surface area (Å²) in [6.45, 7) is 8.08. The summed E-state index contributed by atoms with van der Waals surface area (Å²) in [6.07, 6.45) is 5.00. The van der Waals surface area contributed by atoms with E-state index in [1.165, 1.54) is 0 Å². The van der Waals surface area contributed by atoms with Gasteiger partial charge in [-0.05, 0) is 6.42 Å². The summed E-state index contributed by atoms with van der Waals surface area (Å²) in [5.41, 5.74) is 5.69. The van der Waals surface area contributed by atoms with Gasteiger partial charge in [0.1, 0.15) is 5.82 Å². The van der Waals surface area contributed by atoms with Crippen LogP contribution in [0.4, 0.5) is 0 Å². The Morgan fingerprint density at radius 2 is 2.23 bits per heavy atom. The molecular weight excluding hydrogens is 162 g/mol. The van der Waals surface area contributed by atoms with Crippen LogP contribution in [0.25, 0.3) is 0 Å². The smallest absolute Gasteiger partial charge is 0.115 e. The number of nitrogens with two attached hydrogens (primary N) is 1. The van der Waals surface area contributed by atoms with E-state index in [9.17, 15) is 0 Å². The summed E-state index contributed by atoms with van der Waals surface area (Å²) < 4.78 is 2.19. The lowest BCUT2D eigenvalue weighted by molar-refractivity contribution is 0.465. The van der Waals surface area contributed by atoms with Gasteiger partial charge in [-0.15, -0.1) is 0 Å². The Morgan fingerprint density at radius 1 is 1.54 bits per heavy atom. The first-order chi connectivity index (χ1) is 6.11. The monoisotopic (exact) mass is 181 g/mol. The van der Waals surface area contributed by atoms with Crippen LogP contribution in [0.2, 0.25) is 0 Å². The van der Waals surface area contributed by atoms with Crippen molar-refractivity contribution in [3.05, 3.63) is 18.2 Å². The van der Waals surface area contributed by atoms with E-state index < -0.39 is 0 Å². The highest BCUT2D eigenvalue weighted by Gasteiger charge is 2.23. The van der Waals surface area contributed by atoms with Gasteiger partial charge in [0.2, 0.25) is 0 Å². The van der Waals surface area contributed by atoms with Gasteiger partial charge in [0.25, 0.3) is 0 Å². The van der Waals surface area contributed by atoms with Crippen LogP contribution in [-0.4, -0.2) is 16.1 Å². The van der Waals surface area contributed by atoms with Crippen LogP contribution in [0.5, 0.6) is 0 Å². The van der Waals surface area contributed by atoms with Crippen molar-refractivity contribution < 1.29 is 0 Å². The first-order valence-corrected chi connectivity index (χ1v) is 4.83. The van der Waals surface area contributed by atoms with Crippen LogP contribution in [0.3, 0.4) is 0 Å². The molecule has 1 rings (SSSR count). The maximum atomic E-state index is 5.71. The molecule has 1 aromatic heterocycles. The molecule has 0 spiro atoms. The molecule has 74 valence electrons. The molecule has 0 aliphatic rings. The fraction of sp³-hybridized carbons (Fsp3) is 0.700. The predicted molar refractivity (Wildman–Crippen MR) is 54.6 cm³/mol. The molecule has 0 aromatic carbocycles. The fourth-order valence-electron chi connectivity index (χ4n) is 1.41. The highest BCUT2D eigenvalue weighted by molar-refractivity contribution is 5.07. The predicted octanol–water partition coefficient (Wildman–Crippen LogP) is 1.53. The summed E-state index contributed by atoms with van der Waals surface area (Å²) in [5.74, 6) is 1.09. The minimum Gasteiger partial charge on any atom is -0.334 e. The van der Waals surface area contributed by atoms with Gasteiger partial charge in [0.15, 0.2) is 0 Å². The molecular formula is C10H19N3. The van der Waals surface area contributed by atoms with Crippen LogP contribution in [0, 0.1) is 0 Å². The van der Waals surface area contributed by atoms with E-state index in [1.54, 1.807) is 0 Å². The Hall–Kier alpha value is -0.830. The third-order valence-electron chi connectivity index (χ3n) is 2.30. The molecule has 0 unspecified atom stereocenters. The van der Waals surface area contributed by atoms with Crippen molar-refractivity contribution in [1.82, 2.24) is 9.55 Å². The second-order valence-electron chi connectivity index (χ2n) is 4.03. The molecule has 1 aromatic rings. The number of hydrogen-bond donors (Lipinski definition) is 1. The second-order valence-corrected chi connectivity index (χ2v) is 4.03. The quantitative estimate of drug-likeness (QED) is 0.765. The Kier molecular flexibility index (Phi) is 3.09. The molecule has 0 aliphatic heterocycles. The van der Waals surface area contributed by atoms with Gasteiger partial charge in [0, 0.05) is 30.9 Å². The van der Waals surface area contributed by atoms with E-state index in [0.29, 0.717) is 6.54 Å². The second kappa shape index (κ2) is 3.92. The maximum Gasteiger partial charge on any atom is 0.115 e. The zero-order chi connectivity index (χ0) is 9.90. The molecule has 0 radical (unpaired) electrons. The summed E-state index contributed by atoms with van der Waals surface area (Å²) in [5, 5.41) is 0. The lowest BCUT2D eigenvalue weighted by Gasteiger charge is -2.22. The maximum absolute atomic E-state index is 5.71. The van der Waals surface area contributed by atoms with Crippen LogP contribution in [-0.2, 0) is 12.0 Å². The molecule has 0 saturated carbocycles. The van der Waals surface area contributed by atoms with Gasteiger partial charge < -0.3 is 10.3 Å². The lowest BCUT2D eigenvalue weighted by Crippen LogP contribution is -2.31. The summed E-state index contributed by atoms with van der Waals surface area (Å²) in [7, 11) is 0. The number of hydrogen-bond acceptors (Lipinski definition) is 2. The van der Waals surface area contributed by atoms with Gasteiger partial charge in [-0.3, -0.25) is 0 Å². The van der Waals surface area contributed by atoms with Crippen LogP contribution in [0.15, 0.2) is 12.4 Å². The van der Waals surface area contributed by atoms with Gasteiger partial charge in [-0.1, -0.05) is 20.8 Å². The standard InChI is InChI=1S/C10H19N3/c1-4-6-13-7-5-12-9(13)10(2,3)8-11/h5,7H,4,6,8,11H2,1-3H3. The summed E-state index contributed by atoms with van der Waals surface area (Å²) in [4.78, 5) is 4.36. The Bertz CT molecular complexity index is 263. The van der Waals surface area contributed by atoms with Crippen molar-refractivity contribution in [2.75, 3.05) is 6.54 Å². The van der Waals surface area contributed by atoms with Crippen LogP contribution in [0.1, 0.15) is 33.0 Å². The average molecular weight is 181 g/mol. The minimum atomic E-state index is -0.0152. The van der Waals surface area contributed by atoms with Gasteiger partial charge >= 0.3 is 0 Å². The molecule has 0 atom stereocenters. The van der Waals surface area contributed by atoms with Crippen LogP contribution >= 0.6 is 0 Å². The largest absolute Gasteiger partial charge is 0.334 e. The summed E-state index contributed by atoms with van der Waals surface area (Å²) in [6, 6.07) is 0. The third-order valence-corrected chi connectivity index (χ3v) is 2.30. The normalized spacial score (nSPS) is 12.0. The van der Waals surface area contributed by atoms with Gasteiger partial charge in [0.05, 0.1) is 0 Å². The number of rotatable bonds is 4. The van der Waals surface area contributed by atoms with E-state index >= 15 is 0 Å². The highest BCUT2D eigenvalue weighted by atomic mass is 15.1. The van der Waals surface area contributed by atoms with Crippen LogP contribution < -0.4 is 5.73 Å². The fourth-order valence-corrected chi connectivity index (χ4v) is 1.41. The molecule has 0 aliphatic carbocycles. The van der Waals surface area contributed by atoms with Crippen molar-refractivity contribution in [2.45, 2.75) is 39.2 Å².